The lowest BCUT2D eigenvalue weighted by atomic mass is 10.0. The van der Waals surface area contributed by atoms with Crippen molar-refractivity contribution in [1.29, 1.82) is 0 Å². The number of carbonyl (C=O) groups is 1. The number of nitrogens with one attached hydrogen (secondary N) is 3. The molecule has 1 unspecified atom stereocenters. The first-order valence-corrected chi connectivity index (χ1v) is 16.0. The van der Waals surface area contributed by atoms with Crippen molar-refractivity contribution in [1.82, 2.24) is 29.8 Å². The molecule has 2 aliphatic rings. The van der Waals surface area contributed by atoms with Crippen molar-refractivity contribution < 1.29 is 31.1 Å². The van der Waals surface area contributed by atoms with Crippen molar-refractivity contribution >= 4 is 33.3 Å². The van der Waals surface area contributed by atoms with Gasteiger partial charge in [-0.3, -0.25) is 4.79 Å². The van der Waals surface area contributed by atoms with Gasteiger partial charge < -0.3 is 15.4 Å². The van der Waals surface area contributed by atoms with Crippen LogP contribution in [0.4, 0.5) is 19.0 Å². The molecule has 11 nitrogen and oxygen atoms in total. The van der Waals surface area contributed by atoms with E-state index < -0.39 is 27.5 Å². The minimum atomic E-state index is -4.34. The van der Waals surface area contributed by atoms with Crippen LogP contribution in [0, 0.1) is 5.41 Å². The van der Waals surface area contributed by atoms with Gasteiger partial charge in [0, 0.05) is 30.4 Å². The number of hydrogen-bond donors (Lipinski definition) is 3. The molecule has 1 saturated carbocycles. The Balaban J connectivity index is 1.16. The molecule has 3 aromatic heterocycles. The Kier molecular flexibility index (Phi) is 8.84. The highest BCUT2D eigenvalue weighted by molar-refractivity contribution is 7.90. The molecule has 1 amide bonds. The molecule has 4 heterocycles. The summed E-state index contributed by atoms with van der Waals surface area (Å²) in [6.07, 6.45) is 0.224. The van der Waals surface area contributed by atoms with Gasteiger partial charge in [0.25, 0.3) is 15.9 Å². The Labute approximate surface area is 258 Å². The zero-order chi connectivity index (χ0) is 31.8. The summed E-state index contributed by atoms with van der Waals surface area (Å²) in [5.41, 5.74) is -1.77. The van der Waals surface area contributed by atoms with E-state index in [4.69, 9.17) is 16.3 Å². The summed E-state index contributed by atoms with van der Waals surface area (Å²) < 4.78 is 73.8. The zero-order valence-corrected chi connectivity index (χ0v) is 25.7. The SMILES string of the molecule is CC1(C)CCC(CCNc2cccc(S(=O)(=O)NC(=O)c3ccc(-n4ccc(OCCC5(C(F)(F)F)CC5)n4)nc3Cl)n2)N1. The van der Waals surface area contributed by atoms with E-state index >= 15 is 0 Å². The van der Waals surface area contributed by atoms with Crippen molar-refractivity contribution in [3.8, 4) is 11.7 Å². The van der Waals surface area contributed by atoms with Crippen LogP contribution in [0.3, 0.4) is 0 Å². The van der Waals surface area contributed by atoms with E-state index in [0.717, 1.165) is 19.3 Å². The van der Waals surface area contributed by atoms with Gasteiger partial charge in [-0.25, -0.2) is 19.4 Å². The Morgan fingerprint density at radius 2 is 1.93 bits per heavy atom. The molecule has 2 fully saturated rings. The number of halogens is 4. The van der Waals surface area contributed by atoms with Crippen LogP contribution in [0.25, 0.3) is 5.82 Å². The third-order valence-electron chi connectivity index (χ3n) is 7.90. The van der Waals surface area contributed by atoms with Crippen molar-refractivity contribution in [2.45, 2.75) is 75.2 Å². The van der Waals surface area contributed by atoms with Crippen LogP contribution in [0.2, 0.25) is 5.15 Å². The first-order chi connectivity index (χ1) is 20.7. The number of alkyl halides is 3. The van der Waals surface area contributed by atoms with Crippen molar-refractivity contribution in [3.05, 3.63) is 53.3 Å². The van der Waals surface area contributed by atoms with Crippen molar-refractivity contribution in [2.24, 2.45) is 5.41 Å². The maximum Gasteiger partial charge on any atom is 0.394 e. The van der Waals surface area contributed by atoms with Crippen LogP contribution in [0.15, 0.2) is 47.6 Å². The fourth-order valence-corrected chi connectivity index (χ4v) is 6.30. The molecule has 1 aliphatic heterocycles. The number of ether oxygens (including phenoxy) is 1. The van der Waals surface area contributed by atoms with Crippen LogP contribution >= 0.6 is 11.6 Å². The third-order valence-corrected chi connectivity index (χ3v) is 9.42. The summed E-state index contributed by atoms with van der Waals surface area (Å²) >= 11 is 6.22. The summed E-state index contributed by atoms with van der Waals surface area (Å²) in [7, 11) is -4.34. The number of pyridine rings is 2. The van der Waals surface area contributed by atoms with Gasteiger partial charge in [0.05, 0.1) is 17.6 Å². The number of aromatic nitrogens is 4. The van der Waals surface area contributed by atoms with E-state index in [2.05, 4.69) is 39.5 Å². The molecule has 3 aromatic rings. The number of anilines is 1. The number of hydrogen-bond acceptors (Lipinski definition) is 9. The fourth-order valence-electron chi connectivity index (χ4n) is 5.13. The minimum absolute atomic E-state index is 0.0926. The number of sulfonamides is 1. The third kappa shape index (κ3) is 7.44. The molecular weight excluding hydrogens is 623 g/mol. The Morgan fingerprint density at radius 3 is 2.59 bits per heavy atom. The molecule has 3 N–H and O–H groups in total. The van der Waals surface area contributed by atoms with Gasteiger partial charge in [-0.15, -0.1) is 5.10 Å². The lowest BCUT2D eigenvalue weighted by Crippen LogP contribution is -2.38. The van der Waals surface area contributed by atoms with E-state index in [-0.39, 0.29) is 58.8 Å². The number of carbonyl (C=O) groups excluding carboxylic acids is 1. The second kappa shape index (κ2) is 12.2. The quantitative estimate of drug-likeness (QED) is 0.233. The Bertz CT molecular complexity index is 1630. The molecule has 238 valence electrons. The van der Waals surface area contributed by atoms with Gasteiger partial charge in [0.2, 0.25) is 5.88 Å². The highest BCUT2D eigenvalue weighted by Gasteiger charge is 2.62. The molecular formula is C28H33ClF3N7O4S. The standard InChI is InChI=1S/C28H33ClF3N7O4S/c1-26(2)11-8-18(36-26)9-15-33-20-4-3-5-23(34-20)44(41,42)38-25(40)19-6-7-21(35-24(19)29)39-16-10-22(37-39)43-17-14-27(12-13-27)28(30,31)32/h3-7,10,16,18,36H,8-9,11-15,17H2,1-2H3,(H,33,34)(H,38,40). The predicted molar refractivity (Wildman–Crippen MR) is 156 cm³/mol. The maximum atomic E-state index is 13.1. The average molecular weight is 656 g/mol. The van der Waals surface area contributed by atoms with Crippen LogP contribution in [0.1, 0.15) is 62.7 Å². The van der Waals surface area contributed by atoms with Gasteiger partial charge in [-0.2, -0.15) is 21.6 Å². The smallest absolute Gasteiger partial charge is 0.394 e. The summed E-state index contributed by atoms with van der Waals surface area (Å²) in [6.45, 7) is 4.76. The summed E-state index contributed by atoms with van der Waals surface area (Å²) in [5.74, 6) is -0.379. The maximum absolute atomic E-state index is 13.1. The van der Waals surface area contributed by atoms with E-state index in [1.54, 1.807) is 6.07 Å². The second-order valence-electron chi connectivity index (χ2n) is 11.8. The van der Waals surface area contributed by atoms with Crippen LogP contribution in [-0.4, -0.2) is 65.0 Å². The predicted octanol–water partition coefficient (Wildman–Crippen LogP) is 4.88. The van der Waals surface area contributed by atoms with E-state index in [1.807, 2.05) is 4.72 Å². The molecule has 0 bridgehead atoms. The van der Waals surface area contributed by atoms with E-state index in [0.29, 0.717) is 18.4 Å². The molecule has 0 aromatic carbocycles. The topological polar surface area (TPSA) is 140 Å². The van der Waals surface area contributed by atoms with Crippen LogP contribution < -0.4 is 20.1 Å². The molecule has 1 aliphatic carbocycles. The Morgan fingerprint density at radius 1 is 1.16 bits per heavy atom. The molecule has 0 spiro atoms. The second-order valence-corrected chi connectivity index (χ2v) is 13.7. The molecule has 44 heavy (non-hydrogen) atoms. The average Bonchev–Trinajstić information content (AvgIpc) is 3.47. The van der Waals surface area contributed by atoms with E-state index in [9.17, 15) is 26.4 Å². The first-order valence-electron chi connectivity index (χ1n) is 14.1. The lowest BCUT2D eigenvalue weighted by molar-refractivity contribution is -0.190. The van der Waals surface area contributed by atoms with Crippen LogP contribution in [0.5, 0.6) is 5.88 Å². The Hall–Kier alpha value is -3.43. The highest BCUT2D eigenvalue weighted by Crippen LogP contribution is 2.59. The number of nitrogens with zero attached hydrogens (tertiary/aromatic N) is 4. The number of rotatable bonds is 12. The molecule has 1 atom stereocenters. The fraction of sp³-hybridized carbons (Fsp3) is 0.500. The normalized spacial score (nSPS) is 19.0. The summed E-state index contributed by atoms with van der Waals surface area (Å²) in [5, 5.41) is 10.2. The number of amides is 1. The van der Waals surface area contributed by atoms with Gasteiger partial charge in [-0.05, 0) is 76.6 Å². The molecule has 5 rings (SSSR count). The largest absolute Gasteiger partial charge is 0.477 e. The zero-order valence-electron chi connectivity index (χ0n) is 24.1. The first kappa shape index (κ1) is 32.0. The lowest BCUT2D eigenvalue weighted by Gasteiger charge is -2.20. The monoisotopic (exact) mass is 655 g/mol. The van der Waals surface area contributed by atoms with Gasteiger partial charge >= 0.3 is 6.18 Å². The minimum Gasteiger partial charge on any atom is -0.477 e. The van der Waals surface area contributed by atoms with Crippen molar-refractivity contribution in [3.63, 3.8) is 0 Å². The van der Waals surface area contributed by atoms with E-state index in [1.165, 1.54) is 41.2 Å². The summed E-state index contributed by atoms with van der Waals surface area (Å²) in [4.78, 5) is 21.1. The van der Waals surface area contributed by atoms with Gasteiger partial charge in [0.15, 0.2) is 10.8 Å². The van der Waals surface area contributed by atoms with Gasteiger partial charge in [-0.1, -0.05) is 17.7 Å². The van der Waals surface area contributed by atoms with Crippen LogP contribution in [-0.2, 0) is 10.0 Å². The van der Waals surface area contributed by atoms with Gasteiger partial charge in [0.1, 0.15) is 11.0 Å². The molecule has 16 heteroatoms. The summed E-state index contributed by atoms with van der Waals surface area (Å²) in [6, 6.07) is 8.93. The molecule has 0 radical (unpaired) electrons. The molecule has 1 saturated heterocycles. The highest BCUT2D eigenvalue weighted by atomic mass is 35.5. The van der Waals surface area contributed by atoms with Crippen molar-refractivity contribution in [2.75, 3.05) is 18.5 Å².